The average molecular weight is 305 g/mol. The topological polar surface area (TPSA) is 55.1 Å². The number of hydrogen-bond donors (Lipinski definition) is 2. The number of amides is 1. The van der Waals surface area contributed by atoms with Gasteiger partial charge in [-0.15, -0.1) is 12.4 Å². The lowest BCUT2D eigenvalue weighted by Crippen LogP contribution is -2.36. The fourth-order valence-electron chi connectivity index (χ4n) is 2.34. The van der Waals surface area contributed by atoms with Crippen LogP contribution < -0.4 is 11.1 Å². The van der Waals surface area contributed by atoms with Crippen molar-refractivity contribution < 1.29 is 4.79 Å². The van der Waals surface area contributed by atoms with E-state index in [4.69, 9.17) is 5.73 Å². The first kappa shape index (κ1) is 17.2. The number of carbonyl (C=O) groups is 1. The van der Waals surface area contributed by atoms with Crippen LogP contribution in [0.2, 0.25) is 0 Å². The van der Waals surface area contributed by atoms with E-state index in [1.165, 1.54) is 5.56 Å². The molecule has 0 radical (unpaired) electrons. The Hall–Kier alpha value is -1.84. The first-order chi connectivity index (χ1) is 9.72. The smallest absolute Gasteiger partial charge is 0.234 e. The van der Waals surface area contributed by atoms with E-state index in [0.717, 1.165) is 5.56 Å². The Labute approximate surface area is 132 Å². The van der Waals surface area contributed by atoms with Gasteiger partial charge in [-0.2, -0.15) is 0 Å². The predicted octanol–water partition coefficient (Wildman–Crippen LogP) is 3.03. The summed E-state index contributed by atoms with van der Waals surface area (Å²) in [6.45, 7) is 2.12. The Morgan fingerprint density at radius 3 is 1.95 bits per heavy atom. The highest BCUT2D eigenvalue weighted by Crippen LogP contribution is 2.30. The number of nitrogens with two attached hydrogens (primary N) is 1. The van der Waals surface area contributed by atoms with E-state index < -0.39 is 0 Å². The molecule has 0 saturated heterocycles. The molecule has 2 aromatic rings. The molecular formula is C17H21ClN2O. The van der Waals surface area contributed by atoms with Crippen LogP contribution in [0.1, 0.15) is 30.0 Å². The summed E-state index contributed by atoms with van der Waals surface area (Å²) in [7, 11) is 0. The minimum atomic E-state index is -0.137. The van der Waals surface area contributed by atoms with Gasteiger partial charge in [-0.25, -0.2) is 0 Å². The third-order valence-corrected chi connectivity index (χ3v) is 3.49. The summed E-state index contributed by atoms with van der Waals surface area (Å²) in [5.41, 5.74) is 7.71. The number of halogens is 1. The van der Waals surface area contributed by atoms with Gasteiger partial charge in [-0.3, -0.25) is 4.79 Å². The molecule has 0 aliphatic heterocycles. The van der Waals surface area contributed by atoms with Crippen LogP contribution in [-0.4, -0.2) is 12.5 Å². The average Bonchev–Trinajstić information content (AvgIpc) is 2.53. The lowest BCUT2D eigenvalue weighted by Gasteiger charge is -2.26. The fourth-order valence-corrected chi connectivity index (χ4v) is 2.34. The summed E-state index contributed by atoms with van der Waals surface area (Å²) >= 11 is 0. The second-order valence-electron chi connectivity index (χ2n) is 4.86. The fraction of sp³-hybridized carbons (Fsp3) is 0.235. The maximum Gasteiger partial charge on any atom is 0.234 e. The largest absolute Gasteiger partial charge is 0.348 e. The molecule has 0 saturated carbocycles. The maximum absolute atomic E-state index is 11.7. The molecule has 0 aliphatic carbocycles. The minimum Gasteiger partial charge on any atom is -0.348 e. The van der Waals surface area contributed by atoms with Gasteiger partial charge in [0.05, 0.1) is 12.6 Å². The van der Waals surface area contributed by atoms with Crippen LogP contribution in [0.4, 0.5) is 0 Å². The first-order valence-electron chi connectivity index (χ1n) is 6.81. The molecule has 0 aromatic heterocycles. The molecule has 2 aromatic carbocycles. The van der Waals surface area contributed by atoms with Crippen molar-refractivity contribution in [2.45, 2.75) is 18.9 Å². The second-order valence-corrected chi connectivity index (χ2v) is 4.86. The van der Waals surface area contributed by atoms with Crippen molar-refractivity contribution in [2.75, 3.05) is 6.54 Å². The minimum absolute atomic E-state index is 0. The summed E-state index contributed by atoms with van der Waals surface area (Å²) in [5.74, 6) is 0.0377. The van der Waals surface area contributed by atoms with Crippen molar-refractivity contribution in [3.63, 3.8) is 0 Å². The van der Waals surface area contributed by atoms with Gasteiger partial charge in [-0.05, 0) is 11.1 Å². The molecule has 0 bridgehead atoms. The monoisotopic (exact) mass is 304 g/mol. The zero-order chi connectivity index (χ0) is 14.4. The Morgan fingerprint density at radius 1 is 1.00 bits per heavy atom. The number of benzene rings is 2. The highest BCUT2D eigenvalue weighted by Gasteiger charge is 2.22. The van der Waals surface area contributed by atoms with Crippen molar-refractivity contribution in [1.29, 1.82) is 0 Å². The van der Waals surface area contributed by atoms with Gasteiger partial charge in [0, 0.05) is 5.92 Å². The van der Waals surface area contributed by atoms with E-state index in [0.29, 0.717) is 0 Å². The Bertz CT molecular complexity index is 545. The molecule has 0 spiro atoms. The van der Waals surface area contributed by atoms with Crippen LogP contribution in [0.15, 0.2) is 60.7 Å². The van der Waals surface area contributed by atoms with Gasteiger partial charge < -0.3 is 11.1 Å². The Morgan fingerprint density at radius 2 is 1.48 bits per heavy atom. The third-order valence-electron chi connectivity index (χ3n) is 3.49. The van der Waals surface area contributed by atoms with Crippen molar-refractivity contribution in [1.82, 2.24) is 5.32 Å². The zero-order valence-electron chi connectivity index (χ0n) is 12.0. The van der Waals surface area contributed by atoms with Gasteiger partial charge >= 0.3 is 0 Å². The number of carbonyl (C=O) groups excluding carboxylic acids is 1. The maximum atomic E-state index is 11.7. The molecule has 4 heteroatoms. The summed E-state index contributed by atoms with van der Waals surface area (Å²) < 4.78 is 0. The van der Waals surface area contributed by atoms with E-state index in [-0.39, 0.29) is 36.8 Å². The van der Waals surface area contributed by atoms with E-state index >= 15 is 0 Å². The second kappa shape index (κ2) is 8.45. The predicted molar refractivity (Wildman–Crippen MR) is 88.5 cm³/mol. The summed E-state index contributed by atoms with van der Waals surface area (Å²) in [6, 6.07) is 20.1. The number of nitrogens with one attached hydrogen (secondary N) is 1. The van der Waals surface area contributed by atoms with Crippen LogP contribution in [-0.2, 0) is 4.79 Å². The summed E-state index contributed by atoms with van der Waals surface area (Å²) in [5, 5.41) is 3.02. The van der Waals surface area contributed by atoms with Crippen LogP contribution in [0.25, 0.3) is 0 Å². The van der Waals surface area contributed by atoms with E-state index in [1.807, 2.05) is 48.5 Å². The van der Waals surface area contributed by atoms with Gasteiger partial charge in [0.15, 0.2) is 0 Å². The molecule has 0 fully saturated rings. The molecular weight excluding hydrogens is 284 g/mol. The molecule has 1 amide bonds. The van der Waals surface area contributed by atoms with Crippen LogP contribution in [0.3, 0.4) is 0 Å². The Balaban J connectivity index is 0.00000220. The van der Waals surface area contributed by atoms with Crippen molar-refractivity contribution in [3.05, 3.63) is 71.8 Å². The van der Waals surface area contributed by atoms with Crippen molar-refractivity contribution in [2.24, 2.45) is 5.73 Å². The molecule has 112 valence electrons. The van der Waals surface area contributed by atoms with Gasteiger partial charge in [0.2, 0.25) is 5.91 Å². The summed E-state index contributed by atoms with van der Waals surface area (Å²) in [6.07, 6.45) is 0. The number of rotatable bonds is 5. The lowest BCUT2D eigenvalue weighted by molar-refractivity contribution is -0.120. The van der Waals surface area contributed by atoms with Crippen LogP contribution in [0.5, 0.6) is 0 Å². The first-order valence-corrected chi connectivity index (χ1v) is 6.81. The quantitative estimate of drug-likeness (QED) is 0.892. The molecule has 2 unspecified atom stereocenters. The molecule has 3 nitrogen and oxygen atoms in total. The molecule has 21 heavy (non-hydrogen) atoms. The van der Waals surface area contributed by atoms with E-state index in [9.17, 15) is 4.79 Å². The van der Waals surface area contributed by atoms with Gasteiger partial charge in [0.25, 0.3) is 0 Å². The highest BCUT2D eigenvalue weighted by atomic mass is 35.5. The Kier molecular flexibility index (Phi) is 6.92. The molecule has 2 rings (SSSR count). The molecule has 2 atom stereocenters. The SMILES string of the molecule is CC(c1ccccc1)C(NC(=O)CN)c1ccccc1.Cl. The molecule has 0 aliphatic rings. The van der Waals surface area contributed by atoms with Gasteiger partial charge in [0.1, 0.15) is 0 Å². The lowest BCUT2D eigenvalue weighted by atomic mass is 9.88. The third kappa shape index (κ3) is 4.59. The van der Waals surface area contributed by atoms with E-state index in [1.54, 1.807) is 0 Å². The van der Waals surface area contributed by atoms with Crippen LogP contribution in [0, 0.1) is 0 Å². The van der Waals surface area contributed by atoms with Crippen molar-refractivity contribution in [3.8, 4) is 0 Å². The molecule has 0 heterocycles. The zero-order valence-corrected chi connectivity index (χ0v) is 12.8. The number of hydrogen-bond acceptors (Lipinski definition) is 2. The summed E-state index contributed by atoms with van der Waals surface area (Å²) in [4.78, 5) is 11.7. The standard InChI is InChI=1S/C17H20N2O.ClH/c1-13(14-8-4-2-5-9-14)17(19-16(20)12-18)15-10-6-3-7-11-15;/h2-11,13,17H,12,18H2,1H3,(H,19,20);1H. The van der Waals surface area contributed by atoms with Crippen LogP contribution >= 0.6 is 12.4 Å². The molecule has 3 N–H and O–H groups in total. The van der Waals surface area contributed by atoms with E-state index in [2.05, 4.69) is 24.4 Å². The highest BCUT2D eigenvalue weighted by molar-refractivity contribution is 5.85. The van der Waals surface area contributed by atoms with Crippen molar-refractivity contribution >= 4 is 18.3 Å². The normalized spacial score (nSPS) is 12.9. The van der Waals surface area contributed by atoms with Gasteiger partial charge in [-0.1, -0.05) is 67.6 Å².